The largest absolute Gasteiger partial charge is 0.493 e. The molecule has 3 heteroatoms. The Morgan fingerprint density at radius 3 is 2.73 bits per heavy atom. The van der Waals surface area contributed by atoms with E-state index in [0.29, 0.717) is 16.1 Å². The highest BCUT2D eigenvalue weighted by Gasteiger charge is 2.15. The summed E-state index contributed by atoms with van der Waals surface area (Å²) in [5, 5.41) is 0. The normalized spacial score (nSPS) is 16.9. The summed E-state index contributed by atoms with van der Waals surface area (Å²) in [6, 6.07) is 4.90. The molecule has 0 amide bonds. The maximum Gasteiger partial charge on any atom is 0.141 e. The summed E-state index contributed by atoms with van der Waals surface area (Å²) in [6.45, 7) is 0.723. The summed E-state index contributed by atoms with van der Waals surface area (Å²) in [7, 11) is 0. The quantitative estimate of drug-likeness (QED) is 0.803. The summed E-state index contributed by atoms with van der Waals surface area (Å²) in [5.74, 6) is 1.03. The predicted molar refractivity (Wildman–Crippen MR) is 61.6 cm³/mol. The van der Waals surface area contributed by atoms with Crippen LogP contribution in [0.3, 0.4) is 0 Å². The van der Waals surface area contributed by atoms with Gasteiger partial charge in [-0.15, -0.1) is 0 Å². The van der Waals surface area contributed by atoms with Gasteiger partial charge in [-0.05, 0) is 46.8 Å². The standard InChI is InChI=1S/C12H14BrFO/c13-11-6-5-10(7-12(11)14)15-8-9-3-1-2-4-9/h5-7,9H,1-4,8H2. The van der Waals surface area contributed by atoms with Gasteiger partial charge in [0.15, 0.2) is 0 Å². The van der Waals surface area contributed by atoms with Gasteiger partial charge in [-0.3, -0.25) is 0 Å². The molecule has 0 N–H and O–H groups in total. The molecule has 1 fully saturated rings. The SMILES string of the molecule is Fc1cc(OCC2CCCC2)ccc1Br. The molecule has 0 atom stereocenters. The van der Waals surface area contributed by atoms with Gasteiger partial charge >= 0.3 is 0 Å². The third-order valence-corrected chi connectivity index (χ3v) is 3.49. The summed E-state index contributed by atoms with van der Waals surface area (Å²) < 4.78 is 19.2. The van der Waals surface area contributed by atoms with Crippen molar-refractivity contribution >= 4 is 15.9 Å². The monoisotopic (exact) mass is 272 g/mol. The molecule has 1 saturated carbocycles. The number of benzene rings is 1. The van der Waals surface area contributed by atoms with Gasteiger partial charge < -0.3 is 4.74 Å². The molecule has 1 aromatic carbocycles. The summed E-state index contributed by atoms with van der Waals surface area (Å²) >= 11 is 3.12. The number of hydrogen-bond acceptors (Lipinski definition) is 1. The van der Waals surface area contributed by atoms with Crippen molar-refractivity contribution in [1.82, 2.24) is 0 Å². The van der Waals surface area contributed by atoms with E-state index in [-0.39, 0.29) is 5.82 Å². The van der Waals surface area contributed by atoms with Crippen LogP contribution in [0.1, 0.15) is 25.7 Å². The third-order valence-electron chi connectivity index (χ3n) is 2.85. The van der Waals surface area contributed by atoms with E-state index in [9.17, 15) is 4.39 Å². The first-order valence-corrected chi connectivity index (χ1v) is 6.13. The van der Waals surface area contributed by atoms with E-state index < -0.39 is 0 Å². The van der Waals surface area contributed by atoms with E-state index in [4.69, 9.17) is 4.74 Å². The van der Waals surface area contributed by atoms with E-state index in [0.717, 1.165) is 6.61 Å². The van der Waals surface area contributed by atoms with Gasteiger partial charge in [0.1, 0.15) is 11.6 Å². The van der Waals surface area contributed by atoms with Crippen molar-refractivity contribution in [2.45, 2.75) is 25.7 Å². The van der Waals surface area contributed by atoms with Crippen molar-refractivity contribution in [1.29, 1.82) is 0 Å². The zero-order valence-corrected chi connectivity index (χ0v) is 10.1. The summed E-state index contributed by atoms with van der Waals surface area (Å²) in [5.41, 5.74) is 0. The highest BCUT2D eigenvalue weighted by molar-refractivity contribution is 9.10. The minimum absolute atomic E-state index is 0.265. The van der Waals surface area contributed by atoms with Crippen molar-refractivity contribution in [3.8, 4) is 5.75 Å². The van der Waals surface area contributed by atoms with Crippen molar-refractivity contribution in [3.63, 3.8) is 0 Å². The van der Waals surface area contributed by atoms with Crippen LogP contribution in [-0.4, -0.2) is 6.61 Å². The lowest BCUT2D eigenvalue weighted by Crippen LogP contribution is -2.08. The molecule has 0 radical (unpaired) electrons. The number of hydrogen-bond donors (Lipinski definition) is 0. The summed E-state index contributed by atoms with van der Waals surface area (Å²) in [6.07, 6.45) is 5.11. The van der Waals surface area contributed by atoms with Crippen LogP contribution in [0.5, 0.6) is 5.75 Å². The lowest BCUT2D eigenvalue weighted by atomic mass is 10.1. The van der Waals surface area contributed by atoms with Crippen LogP contribution in [0, 0.1) is 11.7 Å². The first-order chi connectivity index (χ1) is 7.25. The Morgan fingerprint density at radius 2 is 2.07 bits per heavy atom. The van der Waals surface area contributed by atoms with E-state index in [1.54, 1.807) is 12.1 Å². The minimum Gasteiger partial charge on any atom is -0.493 e. The third kappa shape index (κ3) is 2.94. The molecule has 2 rings (SSSR count). The molecule has 1 aromatic rings. The molecule has 0 saturated heterocycles. The van der Waals surface area contributed by atoms with Crippen LogP contribution in [0.2, 0.25) is 0 Å². The van der Waals surface area contributed by atoms with Crippen molar-refractivity contribution in [2.24, 2.45) is 5.92 Å². The molecule has 0 bridgehead atoms. The van der Waals surface area contributed by atoms with Crippen LogP contribution in [0.15, 0.2) is 22.7 Å². The molecule has 1 aliphatic rings. The molecule has 0 spiro atoms. The lowest BCUT2D eigenvalue weighted by Gasteiger charge is -2.11. The summed E-state index contributed by atoms with van der Waals surface area (Å²) in [4.78, 5) is 0. The molecule has 82 valence electrons. The average Bonchev–Trinajstić information content (AvgIpc) is 2.73. The lowest BCUT2D eigenvalue weighted by molar-refractivity contribution is 0.251. The molecule has 0 unspecified atom stereocenters. The zero-order chi connectivity index (χ0) is 10.7. The molecule has 0 aliphatic heterocycles. The topological polar surface area (TPSA) is 9.23 Å². The average molecular weight is 273 g/mol. The predicted octanol–water partition coefficient (Wildman–Crippen LogP) is 4.16. The van der Waals surface area contributed by atoms with E-state index in [1.165, 1.54) is 31.7 Å². The Kier molecular flexibility index (Phi) is 3.62. The highest BCUT2D eigenvalue weighted by atomic mass is 79.9. The Bertz CT molecular complexity index is 334. The Balaban J connectivity index is 1.90. The Hall–Kier alpha value is -0.570. The Labute approximate surface area is 97.8 Å². The van der Waals surface area contributed by atoms with Crippen LogP contribution < -0.4 is 4.74 Å². The van der Waals surface area contributed by atoms with Crippen LogP contribution >= 0.6 is 15.9 Å². The maximum absolute atomic E-state index is 13.2. The molecular formula is C12H14BrFO. The van der Waals surface area contributed by atoms with Gasteiger partial charge in [-0.1, -0.05) is 12.8 Å². The Morgan fingerprint density at radius 1 is 1.33 bits per heavy atom. The van der Waals surface area contributed by atoms with E-state index in [2.05, 4.69) is 15.9 Å². The second-order valence-corrected chi connectivity index (χ2v) is 4.89. The van der Waals surface area contributed by atoms with Crippen molar-refractivity contribution in [2.75, 3.05) is 6.61 Å². The maximum atomic E-state index is 13.2. The first kappa shape index (κ1) is 10.9. The molecule has 1 nitrogen and oxygen atoms in total. The van der Waals surface area contributed by atoms with E-state index >= 15 is 0 Å². The van der Waals surface area contributed by atoms with Gasteiger partial charge in [0.2, 0.25) is 0 Å². The van der Waals surface area contributed by atoms with Crippen molar-refractivity contribution in [3.05, 3.63) is 28.5 Å². The smallest absolute Gasteiger partial charge is 0.141 e. The number of ether oxygens (including phenoxy) is 1. The molecule has 1 aliphatic carbocycles. The number of rotatable bonds is 3. The van der Waals surface area contributed by atoms with Gasteiger partial charge in [0, 0.05) is 6.07 Å². The first-order valence-electron chi connectivity index (χ1n) is 5.33. The molecule has 0 heterocycles. The second kappa shape index (κ2) is 4.97. The van der Waals surface area contributed by atoms with Crippen molar-refractivity contribution < 1.29 is 9.13 Å². The molecule has 0 aromatic heterocycles. The van der Waals surface area contributed by atoms with Gasteiger partial charge in [0.25, 0.3) is 0 Å². The zero-order valence-electron chi connectivity index (χ0n) is 8.51. The van der Waals surface area contributed by atoms with Crippen LogP contribution in [0.4, 0.5) is 4.39 Å². The van der Waals surface area contributed by atoms with Gasteiger partial charge in [-0.2, -0.15) is 0 Å². The number of halogens is 2. The second-order valence-electron chi connectivity index (χ2n) is 4.04. The highest BCUT2D eigenvalue weighted by Crippen LogP contribution is 2.26. The van der Waals surface area contributed by atoms with Gasteiger partial charge in [0.05, 0.1) is 11.1 Å². The van der Waals surface area contributed by atoms with E-state index in [1.807, 2.05) is 0 Å². The fourth-order valence-corrected chi connectivity index (χ4v) is 2.20. The fraction of sp³-hybridized carbons (Fsp3) is 0.500. The van der Waals surface area contributed by atoms with Crippen LogP contribution in [-0.2, 0) is 0 Å². The van der Waals surface area contributed by atoms with Crippen LogP contribution in [0.25, 0.3) is 0 Å². The molecule has 15 heavy (non-hydrogen) atoms. The molecular weight excluding hydrogens is 259 g/mol. The minimum atomic E-state index is -0.265. The van der Waals surface area contributed by atoms with Gasteiger partial charge in [-0.25, -0.2) is 4.39 Å². The fourth-order valence-electron chi connectivity index (χ4n) is 1.96.